The van der Waals surface area contributed by atoms with Gasteiger partial charge in [-0.15, -0.1) is 0 Å². The molecule has 1 aromatic carbocycles. The molecule has 1 aliphatic heterocycles. The molecule has 0 unspecified atom stereocenters. The zero-order valence-corrected chi connectivity index (χ0v) is 13.7. The fourth-order valence-corrected chi connectivity index (χ4v) is 3.98. The van der Waals surface area contributed by atoms with Gasteiger partial charge in [0.1, 0.15) is 5.25 Å². The Labute approximate surface area is 127 Å². The Kier molecular flexibility index (Phi) is 5.24. The van der Waals surface area contributed by atoms with Gasteiger partial charge in [-0.25, -0.2) is 13.1 Å². The van der Waals surface area contributed by atoms with Crippen LogP contribution < -0.4 is 9.62 Å². The lowest BCUT2D eigenvalue weighted by atomic mass is 10.1. The molecule has 0 aliphatic carbocycles. The Morgan fingerprint density at radius 3 is 2.52 bits per heavy atom. The van der Waals surface area contributed by atoms with Crippen LogP contribution in [0.15, 0.2) is 24.3 Å². The van der Waals surface area contributed by atoms with E-state index in [1.54, 1.807) is 0 Å². The van der Waals surface area contributed by atoms with Gasteiger partial charge in [0.2, 0.25) is 10.0 Å². The Hall–Kier alpha value is -1.11. The third-order valence-electron chi connectivity index (χ3n) is 3.69. The number of hydrogen-bond donors (Lipinski definition) is 1. The molecule has 1 aromatic rings. The fraction of sp³-hybridized carbons (Fsp3) is 0.600. The van der Waals surface area contributed by atoms with Gasteiger partial charge >= 0.3 is 0 Å². The summed E-state index contributed by atoms with van der Waals surface area (Å²) in [6, 6.07) is 8.04. The van der Waals surface area contributed by atoms with Gasteiger partial charge in [0.05, 0.1) is 6.61 Å². The molecule has 1 aliphatic rings. The van der Waals surface area contributed by atoms with Crippen molar-refractivity contribution in [2.24, 2.45) is 0 Å². The number of nitrogens with zero attached hydrogens (tertiary/aromatic N) is 1. The number of hydrogen-bond acceptors (Lipinski definition) is 4. The van der Waals surface area contributed by atoms with Gasteiger partial charge in [-0.3, -0.25) is 0 Å². The third-order valence-corrected chi connectivity index (χ3v) is 5.67. The molecular weight excluding hydrogens is 288 g/mol. The lowest BCUT2D eigenvalue weighted by Gasteiger charge is -2.18. The summed E-state index contributed by atoms with van der Waals surface area (Å²) in [7, 11) is 0.707. The van der Waals surface area contributed by atoms with Gasteiger partial charge in [-0.05, 0) is 37.5 Å². The molecule has 0 spiro atoms. The van der Waals surface area contributed by atoms with Crippen LogP contribution in [-0.4, -0.2) is 47.0 Å². The maximum absolute atomic E-state index is 12.2. The second kappa shape index (κ2) is 6.77. The molecule has 2 atom stereocenters. The number of rotatable bonds is 6. The van der Waals surface area contributed by atoms with Crippen molar-refractivity contribution in [3.63, 3.8) is 0 Å². The molecular formula is C15H24N2O3S. The Balaban J connectivity index is 1.93. The molecule has 0 saturated carbocycles. The molecule has 0 amide bonds. The van der Waals surface area contributed by atoms with E-state index in [0.717, 1.165) is 11.3 Å². The van der Waals surface area contributed by atoms with Crippen molar-refractivity contribution in [3.8, 4) is 0 Å². The molecule has 1 saturated heterocycles. The van der Waals surface area contributed by atoms with Crippen molar-refractivity contribution in [1.82, 2.24) is 4.72 Å². The largest absolute Gasteiger partial charge is 0.380 e. The van der Waals surface area contributed by atoms with Crippen LogP contribution in [0.5, 0.6) is 0 Å². The van der Waals surface area contributed by atoms with Gasteiger partial charge in [0.25, 0.3) is 0 Å². The first kappa shape index (κ1) is 16.3. The predicted octanol–water partition coefficient (Wildman–Crippen LogP) is 1.39. The smallest absolute Gasteiger partial charge is 0.217 e. The molecule has 21 heavy (non-hydrogen) atoms. The monoisotopic (exact) mass is 312 g/mol. The van der Waals surface area contributed by atoms with E-state index in [-0.39, 0.29) is 6.04 Å². The average molecular weight is 312 g/mol. The van der Waals surface area contributed by atoms with Crippen molar-refractivity contribution in [2.75, 3.05) is 32.2 Å². The first-order valence-electron chi connectivity index (χ1n) is 7.23. The molecule has 0 radical (unpaired) electrons. The van der Waals surface area contributed by atoms with E-state index in [0.29, 0.717) is 26.1 Å². The van der Waals surface area contributed by atoms with Crippen molar-refractivity contribution in [2.45, 2.75) is 31.1 Å². The Morgan fingerprint density at radius 2 is 2.00 bits per heavy atom. The molecule has 1 heterocycles. The van der Waals surface area contributed by atoms with E-state index >= 15 is 0 Å². The predicted molar refractivity (Wildman–Crippen MR) is 85.2 cm³/mol. The number of ether oxygens (including phenoxy) is 1. The number of benzene rings is 1. The van der Waals surface area contributed by atoms with Crippen LogP contribution in [0.1, 0.15) is 18.9 Å². The second-order valence-corrected chi connectivity index (χ2v) is 7.81. The topological polar surface area (TPSA) is 58.6 Å². The van der Waals surface area contributed by atoms with E-state index in [1.807, 2.05) is 50.2 Å². The summed E-state index contributed by atoms with van der Waals surface area (Å²) in [6.45, 7) is 2.73. The molecule has 5 nitrogen and oxygen atoms in total. The van der Waals surface area contributed by atoms with E-state index in [4.69, 9.17) is 4.74 Å². The summed E-state index contributed by atoms with van der Waals surface area (Å²) >= 11 is 0. The van der Waals surface area contributed by atoms with Crippen LogP contribution in [-0.2, 0) is 21.2 Å². The minimum atomic E-state index is -3.28. The Morgan fingerprint density at radius 1 is 1.33 bits per heavy atom. The molecule has 0 aromatic heterocycles. The van der Waals surface area contributed by atoms with Gasteiger partial charge in [0, 0.05) is 32.4 Å². The van der Waals surface area contributed by atoms with Crippen LogP contribution >= 0.6 is 0 Å². The van der Waals surface area contributed by atoms with E-state index in [1.165, 1.54) is 0 Å². The van der Waals surface area contributed by atoms with Gasteiger partial charge in [-0.2, -0.15) is 0 Å². The van der Waals surface area contributed by atoms with Gasteiger partial charge in [-0.1, -0.05) is 12.1 Å². The SMILES string of the molecule is C[C@@H](Cc1ccc(N(C)C)cc1)NS(=O)(=O)[C@@H]1CCOC1. The zero-order valence-electron chi connectivity index (χ0n) is 12.9. The maximum atomic E-state index is 12.2. The molecule has 0 bridgehead atoms. The van der Waals surface area contributed by atoms with Crippen molar-refractivity contribution in [1.29, 1.82) is 0 Å². The highest BCUT2D eigenvalue weighted by Crippen LogP contribution is 2.16. The maximum Gasteiger partial charge on any atom is 0.217 e. The molecule has 6 heteroatoms. The highest BCUT2D eigenvalue weighted by molar-refractivity contribution is 7.90. The standard InChI is InChI=1S/C15H24N2O3S/c1-12(16-21(18,19)15-8-9-20-11-15)10-13-4-6-14(7-5-13)17(2)3/h4-7,12,15-16H,8-11H2,1-3H3/t12-,15+/m0/s1. The molecule has 2 rings (SSSR count). The Bertz CT molecular complexity index is 549. The minimum absolute atomic E-state index is 0.124. The average Bonchev–Trinajstić information content (AvgIpc) is 2.93. The highest BCUT2D eigenvalue weighted by Gasteiger charge is 2.30. The van der Waals surface area contributed by atoms with Crippen LogP contribution in [0, 0.1) is 0 Å². The summed E-state index contributed by atoms with van der Waals surface area (Å²) in [5.74, 6) is 0. The van der Waals surface area contributed by atoms with Crippen molar-refractivity contribution < 1.29 is 13.2 Å². The summed E-state index contributed by atoms with van der Waals surface area (Å²) in [5.41, 5.74) is 2.26. The normalized spacial score (nSPS) is 20.4. The quantitative estimate of drug-likeness (QED) is 0.862. The number of sulfonamides is 1. The van der Waals surface area contributed by atoms with Crippen LogP contribution in [0.4, 0.5) is 5.69 Å². The van der Waals surface area contributed by atoms with Crippen LogP contribution in [0.2, 0.25) is 0 Å². The van der Waals surface area contributed by atoms with Gasteiger partial charge < -0.3 is 9.64 Å². The molecule has 118 valence electrons. The highest BCUT2D eigenvalue weighted by atomic mass is 32.2. The molecule has 1 fully saturated rings. The van der Waals surface area contributed by atoms with Gasteiger partial charge in [0.15, 0.2) is 0 Å². The summed E-state index contributed by atoms with van der Waals surface area (Å²) in [5, 5.41) is -0.406. The number of nitrogens with one attached hydrogen (secondary N) is 1. The van der Waals surface area contributed by atoms with E-state index in [9.17, 15) is 8.42 Å². The zero-order chi connectivity index (χ0) is 15.5. The fourth-order valence-electron chi connectivity index (χ4n) is 2.46. The van der Waals surface area contributed by atoms with Crippen LogP contribution in [0.3, 0.4) is 0 Å². The second-order valence-electron chi connectivity index (χ2n) is 5.81. The summed E-state index contributed by atoms with van der Waals surface area (Å²) in [4.78, 5) is 2.04. The first-order chi connectivity index (χ1) is 9.88. The van der Waals surface area contributed by atoms with E-state index < -0.39 is 15.3 Å². The molecule has 1 N–H and O–H groups in total. The first-order valence-corrected chi connectivity index (χ1v) is 8.78. The van der Waals surface area contributed by atoms with E-state index in [2.05, 4.69) is 4.72 Å². The lowest BCUT2D eigenvalue weighted by Crippen LogP contribution is -2.40. The third kappa shape index (κ3) is 4.43. The minimum Gasteiger partial charge on any atom is -0.380 e. The van der Waals surface area contributed by atoms with Crippen molar-refractivity contribution >= 4 is 15.7 Å². The van der Waals surface area contributed by atoms with Crippen molar-refractivity contribution in [3.05, 3.63) is 29.8 Å². The summed E-state index contributed by atoms with van der Waals surface area (Å²) < 4.78 is 32.3. The number of anilines is 1. The summed E-state index contributed by atoms with van der Waals surface area (Å²) in [6.07, 6.45) is 1.26. The lowest BCUT2D eigenvalue weighted by molar-refractivity contribution is 0.198. The van der Waals surface area contributed by atoms with Crippen LogP contribution in [0.25, 0.3) is 0 Å².